The molecule has 7 heteroatoms. The Morgan fingerprint density at radius 3 is 2.77 bits per heavy atom. The van der Waals surface area contributed by atoms with Gasteiger partial charge in [-0.05, 0) is 18.6 Å². The molecule has 0 radical (unpaired) electrons. The number of nitrogens with one attached hydrogen (secondary N) is 1. The summed E-state index contributed by atoms with van der Waals surface area (Å²) in [5.74, 6) is -1.81. The van der Waals surface area contributed by atoms with Gasteiger partial charge in [-0.3, -0.25) is 9.59 Å². The van der Waals surface area contributed by atoms with E-state index in [0.717, 1.165) is 17.4 Å². The van der Waals surface area contributed by atoms with Crippen LogP contribution >= 0.6 is 11.3 Å². The molecule has 22 heavy (non-hydrogen) atoms. The summed E-state index contributed by atoms with van der Waals surface area (Å²) < 4.78 is 32.2. The molecule has 0 aliphatic heterocycles. The highest BCUT2D eigenvalue weighted by atomic mass is 32.1. The van der Waals surface area contributed by atoms with Gasteiger partial charge < -0.3 is 10.1 Å². The summed E-state index contributed by atoms with van der Waals surface area (Å²) >= 11 is 1.11. The Balaban J connectivity index is 2.03. The van der Waals surface area contributed by atoms with Gasteiger partial charge in [0.2, 0.25) is 5.91 Å². The minimum Gasteiger partial charge on any atom is -0.451 e. The molecule has 1 N–H and O–H groups in total. The zero-order valence-electron chi connectivity index (χ0n) is 11.5. The van der Waals surface area contributed by atoms with E-state index in [9.17, 15) is 18.4 Å². The van der Waals surface area contributed by atoms with Crippen LogP contribution in [0.2, 0.25) is 0 Å². The third kappa shape index (κ3) is 2.59. The van der Waals surface area contributed by atoms with Crippen molar-refractivity contribution in [3.8, 4) is 11.5 Å². The maximum absolute atomic E-state index is 13.7. The quantitative estimate of drug-likeness (QED) is 0.932. The number of benzene rings is 1. The molecule has 1 amide bonds. The number of halogens is 2. The zero-order chi connectivity index (χ0) is 15.9. The molecule has 0 saturated carbocycles. The molecular weight excluding hydrogens is 312 g/mol. The molecule has 0 fully saturated rings. The van der Waals surface area contributed by atoms with Crippen molar-refractivity contribution >= 4 is 28.0 Å². The van der Waals surface area contributed by atoms with Gasteiger partial charge in [-0.15, -0.1) is 11.3 Å². The number of hydrogen-bond acceptors (Lipinski definition) is 4. The second kappa shape index (κ2) is 5.49. The van der Waals surface area contributed by atoms with Gasteiger partial charge in [0, 0.05) is 25.0 Å². The number of fused-ring (bicyclic) bond motifs is 1. The fourth-order valence-corrected chi connectivity index (χ4v) is 3.46. The van der Waals surface area contributed by atoms with Gasteiger partial charge in [0.1, 0.15) is 10.8 Å². The molecule has 114 valence electrons. The Morgan fingerprint density at radius 1 is 1.32 bits per heavy atom. The first-order valence-corrected chi connectivity index (χ1v) is 7.36. The molecular formula is C15H11F2NO3S. The summed E-state index contributed by atoms with van der Waals surface area (Å²) in [4.78, 5) is 23.6. The van der Waals surface area contributed by atoms with E-state index in [1.54, 1.807) is 0 Å². The standard InChI is InChI=1S/C15H11F2NO3S/c1-7(19)18-15-13(9-3-4-11(20)14(9)22-15)21-12-5-2-8(16)6-10(12)17/h2,5-6H,3-4H2,1H3,(H,18,19). The molecule has 0 unspecified atom stereocenters. The minimum absolute atomic E-state index is 0.0268. The molecule has 3 rings (SSSR count). The van der Waals surface area contributed by atoms with E-state index in [1.807, 2.05) is 0 Å². The average molecular weight is 323 g/mol. The molecule has 0 bridgehead atoms. The minimum atomic E-state index is -0.849. The van der Waals surface area contributed by atoms with Crippen LogP contribution in [0.15, 0.2) is 18.2 Å². The van der Waals surface area contributed by atoms with Crippen molar-refractivity contribution in [1.29, 1.82) is 0 Å². The smallest absolute Gasteiger partial charge is 0.221 e. The van der Waals surface area contributed by atoms with Crippen molar-refractivity contribution in [3.05, 3.63) is 40.3 Å². The van der Waals surface area contributed by atoms with Gasteiger partial charge in [-0.1, -0.05) is 0 Å². The summed E-state index contributed by atoms with van der Waals surface area (Å²) in [5.41, 5.74) is 0.655. The Morgan fingerprint density at radius 2 is 2.09 bits per heavy atom. The lowest BCUT2D eigenvalue weighted by Crippen LogP contribution is -2.05. The van der Waals surface area contributed by atoms with Crippen molar-refractivity contribution in [2.75, 3.05) is 5.32 Å². The largest absolute Gasteiger partial charge is 0.451 e. The molecule has 1 heterocycles. The topological polar surface area (TPSA) is 55.4 Å². The van der Waals surface area contributed by atoms with Crippen molar-refractivity contribution in [2.45, 2.75) is 19.8 Å². The molecule has 1 aromatic heterocycles. The lowest BCUT2D eigenvalue weighted by atomic mass is 10.2. The molecule has 0 spiro atoms. The average Bonchev–Trinajstić information content (AvgIpc) is 2.94. The van der Waals surface area contributed by atoms with E-state index in [0.29, 0.717) is 34.3 Å². The van der Waals surface area contributed by atoms with Crippen molar-refractivity contribution in [1.82, 2.24) is 0 Å². The van der Waals surface area contributed by atoms with Gasteiger partial charge in [0.25, 0.3) is 0 Å². The van der Waals surface area contributed by atoms with Crippen molar-refractivity contribution < 1.29 is 23.1 Å². The Bertz CT molecular complexity index is 785. The number of rotatable bonds is 3. The summed E-state index contributed by atoms with van der Waals surface area (Å²) in [7, 11) is 0. The zero-order valence-corrected chi connectivity index (χ0v) is 12.4. The van der Waals surface area contributed by atoms with Crippen LogP contribution in [0.3, 0.4) is 0 Å². The highest BCUT2D eigenvalue weighted by molar-refractivity contribution is 7.19. The summed E-state index contributed by atoms with van der Waals surface area (Å²) in [6.07, 6.45) is 0.839. The van der Waals surface area contributed by atoms with Gasteiger partial charge in [-0.2, -0.15) is 0 Å². The van der Waals surface area contributed by atoms with Crippen LogP contribution in [0.5, 0.6) is 11.5 Å². The third-order valence-corrected chi connectivity index (χ3v) is 4.38. The van der Waals surface area contributed by atoms with E-state index in [2.05, 4.69) is 5.32 Å². The van der Waals surface area contributed by atoms with Crippen LogP contribution in [-0.4, -0.2) is 11.7 Å². The van der Waals surface area contributed by atoms with Crippen LogP contribution in [0.4, 0.5) is 13.8 Å². The van der Waals surface area contributed by atoms with Gasteiger partial charge >= 0.3 is 0 Å². The molecule has 4 nitrogen and oxygen atoms in total. The number of thiophene rings is 1. The van der Waals surface area contributed by atoms with Crippen molar-refractivity contribution in [3.63, 3.8) is 0 Å². The van der Waals surface area contributed by atoms with E-state index < -0.39 is 11.6 Å². The van der Waals surface area contributed by atoms with Gasteiger partial charge in [0.15, 0.2) is 23.1 Å². The maximum atomic E-state index is 13.7. The SMILES string of the molecule is CC(=O)Nc1sc2c(c1Oc1ccc(F)cc1F)CCC2=O. The summed E-state index contributed by atoms with van der Waals surface area (Å²) in [6, 6.07) is 2.96. The summed E-state index contributed by atoms with van der Waals surface area (Å²) in [5, 5.41) is 2.94. The Kier molecular flexibility index (Phi) is 3.66. The fourth-order valence-electron chi connectivity index (χ4n) is 2.27. The summed E-state index contributed by atoms with van der Waals surface area (Å²) in [6.45, 7) is 1.33. The second-order valence-corrected chi connectivity index (χ2v) is 5.87. The number of carbonyl (C=O) groups excluding carboxylic acids is 2. The Labute approximate surface area is 128 Å². The Hall–Kier alpha value is -2.28. The van der Waals surface area contributed by atoms with Crippen LogP contribution in [0.1, 0.15) is 28.6 Å². The molecule has 0 saturated heterocycles. The first-order valence-electron chi connectivity index (χ1n) is 6.55. The first-order chi connectivity index (χ1) is 10.5. The number of carbonyl (C=O) groups is 2. The highest BCUT2D eigenvalue weighted by Crippen LogP contribution is 2.46. The van der Waals surface area contributed by atoms with Crippen LogP contribution in [0.25, 0.3) is 0 Å². The van der Waals surface area contributed by atoms with Crippen LogP contribution < -0.4 is 10.1 Å². The normalized spacial score (nSPS) is 13.1. The number of ketones is 1. The molecule has 2 aromatic rings. The molecule has 0 atom stereocenters. The first kappa shape index (κ1) is 14.6. The molecule has 1 aliphatic rings. The molecule has 1 aromatic carbocycles. The molecule has 1 aliphatic carbocycles. The monoisotopic (exact) mass is 323 g/mol. The predicted octanol–water partition coefficient (Wildman–Crippen LogP) is 3.91. The van der Waals surface area contributed by atoms with Crippen LogP contribution in [-0.2, 0) is 11.2 Å². The number of hydrogen-bond donors (Lipinski definition) is 1. The van der Waals surface area contributed by atoms with Gasteiger partial charge in [0.05, 0.1) is 4.88 Å². The van der Waals surface area contributed by atoms with Crippen LogP contribution in [0, 0.1) is 11.6 Å². The second-order valence-electron chi connectivity index (χ2n) is 4.85. The predicted molar refractivity (Wildman–Crippen MR) is 77.7 cm³/mol. The van der Waals surface area contributed by atoms with E-state index in [4.69, 9.17) is 4.74 Å². The number of ether oxygens (including phenoxy) is 1. The van der Waals surface area contributed by atoms with Crippen molar-refractivity contribution in [2.24, 2.45) is 0 Å². The van der Waals surface area contributed by atoms with E-state index in [1.165, 1.54) is 13.0 Å². The number of amides is 1. The van der Waals surface area contributed by atoms with E-state index in [-0.39, 0.29) is 23.2 Å². The maximum Gasteiger partial charge on any atom is 0.221 e. The highest BCUT2D eigenvalue weighted by Gasteiger charge is 2.30. The number of Topliss-reactive ketones (excluding diaryl/α,β-unsaturated/α-hetero) is 1. The third-order valence-electron chi connectivity index (χ3n) is 3.21. The lowest BCUT2D eigenvalue weighted by Gasteiger charge is -2.10. The lowest BCUT2D eigenvalue weighted by molar-refractivity contribution is -0.114. The number of anilines is 1. The van der Waals surface area contributed by atoms with Gasteiger partial charge in [-0.25, -0.2) is 8.78 Å². The fraction of sp³-hybridized carbons (Fsp3) is 0.200. The van der Waals surface area contributed by atoms with E-state index >= 15 is 0 Å².